The first-order valence-electron chi connectivity index (χ1n) is 7.58. The first-order chi connectivity index (χ1) is 12.0. The van der Waals surface area contributed by atoms with E-state index >= 15 is 0 Å². The highest BCUT2D eigenvalue weighted by Gasteiger charge is 2.11. The minimum Gasteiger partial charge on any atom is -0.495 e. The molecule has 9 heteroatoms. The molecule has 136 valence electrons. The van der Waals surface area contributed by atoms with Gasteiger partial charge < -0.3 is 25.1 Å². The van der Waals surface area contributed by atoms with Crippen molar-refractivity contribution < 1.29 is 9.47 Å². The molecule has 0 unspecified atom stereocenters. The normalized spacial score (nSPS) is 10.4. The van der Waals surface area contributed by atoms with E-state index < -0.39 is 0 Å². The van der Waals surface area contributed by atoms with Crippen LogP contribution in [0.3, 0.4) is 0 Å². The van der Waals surface area contributed by atoms with E-state index in [4.69, 9.17) is 33.3 Å². The second-order valence-electron chi connectivity index (χ2n) is 5.09. The fourth-order valence-corrected chi connectivity index (χ4v) is 3.38. The number of hydrogen-bond acceptors (Lipinski definition) is 5. The van der Waals surface area contributed by atoms with Gasteiger partial charge in [0.25, 0.3) is 0 Å². The van der Waals surface area contributed by atoms with E-state index in [1.165, 1.54) is 0 Å². The first-order valence-corrected chi connectivity index (χ1v) is 9.52. The summed E-state index contributed by atoms with van der Waals surface area (Å²) in [5, 5.41) is 7.27. The number of aryl methyl sites for hydroxylation is 1. The van der Waals surface area contributed by atoms with Crippen LogP contribution < -0.4 is 20.1 Å². The number of halogens is 1. The maximum Gasteiger partial charge on any atom is 0.170 e. The van der Waals surface area contributed by atoms with Crippen molar-refractivity contribution >= 4 is 46.4 Å². The van der Waals surface area contributed by atoms with Crippen molar-refractivity contribution in [3.63, 3.8) is 0 Å². The Balaban J connectivity index is 1.79. The van der Waals surface area contributed by atoms with Gasteiger partial charge in [-0.1, -0.05) is 11.6 Å². The summed E-state index contributed by atoms with van der Waals surface area (Å²) in [6.45, 7) is 2.76. The van der Waals surface area contributed by atoms with Crippen LogP contribution in [0.5, 0.6) is 11.5 Å². The number of aromatic nitrogens is 2. The van der Waals surface area contributed by atoms with E-state index in [2.05, 4.69) is 20.6 Å². The van der Waals surface area contributed by atoms with Crippen LogP contribution in [0.2, 0.25) is 5.02 Å². The quantitative estimate of drug-likeness (QED) is 0.461. The van der Waals surface area contributed by atoms with Crippen LogP contribution >= 0.6 is 35.6 Å². The number of thioether (sulfide) groups is 1. The number of nitrogens with zero attached hydrogens (tertiary/aromatic N) is 1. The van der Waals surface area contributed by atoms with Crippen LogP contribution in [0.4, 0.5) is 5.69 Å². The number of hydrogen-bond donors (Lipinski definition) is 3. The summed E-state index contributed by atoms with van der Waals surface area (Å²) in [7, 11) is 3.14. The van der Waals surface area contributed by atoms with E-state index in [1.807, 2.05) is 6.92 Å². The molecule has 25 heavy (non-hydrogen) atoms. The average molecular weight is 401 g/mol. The van der Waals surface area contributed by atoms with Gasteiger partial charge in [-0.15, -0.1) is 0 Å². The van der Waals surface area contributed by atoms with Crippen molar-refractivity contribution in [1.82, 2.24) is 15.3 Å². The Morgan fingerprint density at radius 1 is 1.32 bits per heavy atom. The topological polar surface area (TPSA) is 71.2 Å². The van der Waals surface area contributed by atoms with Crippen LogP contribution in [-0.2, 0) is 5.75 Å². The summed E-state index contributed by atoms with van der Waals surface area (Å²) in [5.74, 6) is 2.94. The number of rotatable bonds is 8. The lowest BCUT2D eigenvalue weighted by Gasteiger charge is -2.15. The third-order valence-corrected chi connectivity index (χ3v) is 4.94. The fourth-order valence-electron chi connectivity index (χ4n) is 2.06. The summed E-state index contributed by atoms with van der Waals surface area (Å²) >= 11 is 13.2. The molecular weight excluding hydrogens is 380 g/mol. The molecule has 2 aromatic rings. The SMILES string of the molecule is COc1cc(NC(=S)NCCSCc2nc[nH]c2C)c(OC)cc1Cl. The highest BCUT2D eigenvalue weighted by Crippen LogP contribution is 2.35. The average Bonchev–Trinajstić information content (AvgIpc) is 3.00. The predicted molar refractivity (Wildman–Crippen MR) is 108 cm³/mol. The highest BCUT2D eigenvalue weighted by atomic mass is 35.5. The Kier molecular flexibility index (Phi) is 7.67. The number of thiocarbonyl (C=S) groups is 1. The standard InChI is InChI=1S/C16H21ClN4O2S2/c1-10-13(20-9-19-10)8-25-5-4-18-16(24)21-12-7-14(22-2)11(17)6-15(12)23-3/h6-7,9H,4-5,8H2,1-3H3,(H,19,20)(H2,18,21,24). The van der Waals surface area contributed by atoms with Gasteiger partial charge in [0.05, 0.1) is 37.0 Å². The van der Waals surface area contributed by atoms with Gasteiger partial charge in [-0.2, -0.15) is 11.8 Å². The number of benzene rings is 1. The van der Waals surface area contributed by atoms with E-state index in [0.717, 1.165) is 29.4 Å². The monoisotopic (exact) mass is 400 g/mol. The molecule has 1 aromatic carbocycles. The van der Waals surface area contributed by atoms with Gasteiger partial charge in [0.1, 0.15) is 11.5 Å². The smallest absolute Gasteiger partial charge is 0.170 e. The number of aromatic amines is 1. The van der Waals surface area contributed by atoms with E-state index in [-0.39, 0.29) is 0 Å². The van der Waals surface area contributed by atoms with Crippen molar-refractivity contribution in [2.24, 2.45) is 0 Å². The minimum atomic E-state index is 0.480. The van der Waals surface area contributed by atoms with Gasteiger partial charge in [0, 0.05) is 35.9 Å². The number of H-pyrrole nitrogens is 1. The number of methoxy groups -OCH3 is 2. The van der Waals surface area contributed by atoms with E-state index in [0.29, 0.717) is 27.3 Å². The largest absolute Gasteiger partial charge is 0.495 e. The summed E-state index contributed by atoms with van der Waals surface area (Å²) in [6.07, 6.45) is 1.72. The Hall–Kier alpha value is -1.64. The third-order valence-electron chi connectivity index (χ3n) is 3.43. The number of nitrogens with one attached hydrogen (secondary N) is 3. The third kappa shape index (κ3) is 5.69. The molecule has 0 bridgehead atoms. The van der Waals surface area contributed by atoms with Crippen LogP contribution in [-0.4, -0.2) is 41.6 Å². The number of ether oxygens (including phenoxy) is 2. The Morgan fingerprint density at radius 2 is 2.08 bits per heavy atom. The zero-order valence-corrected chi connectivity index (χ0v) is 16.7. The van der Waals surface area contributed by atoms with Gasteiger partial charge >= 0.3 is 0 Å². The van der Waals surface area contributed by atoms with Crippen LogP contribution in [0.1, 0.15) is 11.4 Å². The van der Waals surface area contributed by atoms with Gasteiger partial charge in [-0.3, -0.25) is 0 Å². The fraction of sp³-hybridized carbons (Fsp3) is 0.375. The van der Waals surface area contributed by atoms with E-state index in [9.17, 15) is 0 Å². The lowest BCUT2D eigenvalue weighted by Crippen LogP contribution is -2.30. The van der Waals surface area contributed by atoms with Crippen molar-refractivity contribution in [1.29, 1.82) is 0 Å². The maximum absolute atomic E-state index is 6.10. The van der Waals surface area contributed by atoms with E-state index in [1.54, 1.807) is 44.4 Å². The molecule has 6 nitrogen and oxygen atoms in total. The van der Waals surface area contributed by atoms with Gasteiger partial charge in [-0.05, 0) is 19.1 Å². The summed E-state index contributed by atoms with van der Waals surface area (Å²) in [5.41, 5.74) is 2.89. The summed E-state index contributed by atoms with van der Waals surface area (Å²) < 4.78 is 10.5. The van der Waals surface area contributed by atoms with Gasteiger partial charge in [0.2, 0.25) is 0 Å². The molecule has 0 amide bonds. The zero-order chi connectivity index (χ0) is 18.2. The second kappa shape index (κ2) is 9.74. The summed E-state index contributed by atoms with van der Waals surface area (Å²) in [4.78, 5) is 7.35. The van der Waals surface area contributed by atoms with Crippen molar-refractivity contribution in [2.75, 3.05) is 31.8 Å². The molecule has 0 aliphatic carbocycles. The molecule has 0 radical (unpaired) electrons. The number of anilines is 1. The molecule has 0 saturated carbocycles. The Morgan fingerprint density at radius 3 is 2.72 bits per heavy atom. The first kappa shape index (κ1) is 19.7. The molecule has 0 saturated heterocycles. The van der Waals surface area contributed by atoms with Crippen molar-refractivity contribution in [2.45, 2.75) is 12.7 Å². The van der Waals surface area contributed by atoms with Crippen LogP contribution in [0.15, 0.2) is 18.5 Å². The molecule has 0 aliphatic rings. The molecule has 0 aliphatic heterocycles. The molecule has 3 N–H and O–H groups in total. The maximum atomic E-state index is 6.10. The Labute approximate surface area is 162 Å². The van der Waals surface area contributed by atoms with Gasteiger partial charge in [-0.25, -0.2) is 4.98 Å². The Bertz CT molecular complexity index is 724. The highest BCUT2D eigenvalue weighted by molar-refractivity contribution is 7.98. The van der Waals surface area contributed by atoms with Crippen LogP contribution in [0, 0.1) is 6.92 Å². The molecule has 0 spiro atoms. The molecule has 0 atom stereocenters. The van der Waals surface area contributed by atoms with Crippen molar-refractivity contribution in [3.8, 4) is 11.5 Å². The predicted octanol–water partition coefficient (Wildman–Crippen LogP) is 3.61. The molecule has 2 rings (SSSR count). The lowest BCUT2D eigenvalue weighted by molar-refractivity contribution is 0.405. The molecule has 1 aromatic heterocycles. The van der Waals surface area contributed by atoms with Crippen LogP contribution in [0.25, 0.3) is 0 Å². The summed E-state index contributed by atoms with van der Waals surface area (Å²) in [6, 6.07) is 3.44. The molecular formula is C16H21ClN4O2S2. The second-order valence-corrected chi connectivity index (χ2v) is 7.02. The lowest BCUT2D eigenvalue weighted by atomic mass is 10.2. The minimum absolute atomic E-state index is 0.480. The number of imidazole rings is 1. The zero-order valence-electron chi connectivity index (χ0n) is 14.3. The molecule has 0 fully saturated rings. The molecule has 1 heterocycles. The van der Waals surface area contributed by atoms with Crippen molar-refractivity contribution in [3.05, 3.63) is 34.9 Å². The van der Waals surface area contributed by atoms with Gasteiger partial charge in [0.15, 0.2) is 5.11 Å².